The second-order valence-electron chi connectivity index (χ2n) is 23.8. The number of rotatable bonds is 28. The Bertz CT molecular complexity index is 3970. The van der Waals surface area contributed by atoms with Gasteiger partial charge in [-0.3, -0.25) is 62.5 Å². The Labute approximate surface area is 826 Å². The number of nitrogens with two attached hydrogens (primary N) is 4. The Morgan fingerprint density at radius 3 is 0.829 bits per heavy atom. The number of benzene rings is 4. The summed E-state index contributed by atoms with van der Waals surface area (Å²) in [5.74, 6) is -10.9. The molecule has 6 rings (SSSR count). The van der Waals surface area contributed by atoms with Crippen LogP contribution in [0.2, 0.25) is 0 Å². The van der Waals surface area contributed by atoms with E-state index in [2.05, 4.69) is 47.5 Å². The molecule has 34 nitrogen and oxygen atoms in total. The fourth-order valence-corrected chi connectivity index (χ4v) is 26.7. The van der Waals surface area contributed by atoms with Gasteiger partial charge in [0.05, 0.1) is 147 Å². The maximum atomic E-state index is 13.5. The molecule has 4 aromatic rings. The van der Waals surface area contributed by atoms with Gasteiger partial charge >= 0.3 is 0 Å². The van der Waals surface area contributed by atoms with Gasteiger partial charge in [0.25, 0.3) is 47.3 Å². The Morgan fingerprint density at radius 1 is 0.441 bits per heavy atom. The second-order valence-corrected chi connectivity index (χ2v) is 36.8. The Balaban J connectivity index is 0.000000989. The number of primary amides is 4. The van der Waals surface area contributed by atoms with Crippen molar-refractivity contribution < 1.29 is 125 Å². The van der Waals surface area contributed by atoms with E-state index in [1.54, 1.807) is 170 Å². The summed E-state index contributed by atoms with van der Waals surface area (Å²) in [4.78, 5) is 159. The number of hydrogen-bond acceptors (Lipinski definition) is 22. The Morgan fingerprint density at radius 2 is 0.658 bits per heavy atom. The third-order valence-electron chi connectivity index (χ3n) is 14.3. The molecule has 21 N–H and O–H groups in total. The topological polar surface area (TPSA) is 552 Å². The molecule has 12 amide bonds. The average molecular weight is 3050 g/mol. The molecule has 0 spiro atoms. The summed E-state index contributed by atoms with van der Waals surface area (Å²) in [5.41, 5.74) is 22.5. The van der Waals surface area contributed by atoms with E-state index in [1.165, 1.54) is 0 Å². The molecule has 2 heterocycles. The molecule has 2 aliphatic heterocycles. The van der Waals surface area contributed by atoms with Gasteiger partial charge in [-0.1, -0.05) is 7.43 Å². The Kier molecular flexibility index (Phi) is 49.1. The molecule has 2 aliphatic rings. The van der Waals surface area contributed by atoms with Crippen LogP contribution in [0.15, 0.2) is 0 Å². The first-order chi connectivity index (χ1) is 50.6. The largest absolute Gasteiger partial charge is 0.394 e. The van der Waals surface area contributed by atoms with Crippen LogP contribution in [0.4, 0.5) is 22.7 Å². The van der Waals surface area contributed by atoms with E-state index in [0.717, 1.165) is 0 Å². The van der Waals surface area contributed by atoms with Crippen molar-refractivity contribution in [3.8, 4) is 0 Å². The molecule has 0 saturated carbocycles. The van der Waals surface area contributed by atoms with Crippen molar-refractivity contribution in [1.82, 2.24) is 21.3 Å². The molecule has 111 heavy (non-hydrogen) atoms. The number of amides is 12. The first-order valence-corrected chi connectivity index (χ1v) is 45.0. The van der Waals surface area contributed by atoms with Crippen molar-refractivity contribution in [1.29, 1.82) is 0 Å². The van der Waals surface area contributed by atoms with E-state index >= 15 is 0 Å². The summed E-state index contributed by atoms with van der Waals surface area (Å²) in [6.07, 6.45) is -4.80. The standard InChI is InChI=1S/C31H32I6N6O10.C25H24I6N6O10.C5H12O2.CH2I.CH4.V/c1-30(2)50-8-10(52-30)6-40-28(48)16-18(32)14(26(38)46)20(34)24(22(16)36)42-12(44)5-13(45)43-25-21(35)15(27(39)47)19(33)17(23(25)37)29(49)41-7-11-9-51-31(3,4)53-11;26-14-10(22(32)44)16(28)20(18(30)12(14)24(46)34-2-6(40)4-38)36-8(42)1-9(43)37-21-17(29)11(23(33)45)15(27)13(19(21)31)25(47)35-3-7(41)5-39;1-5(2,4-6)7-3;1-2;;/h10-11H,5-9H2,1-4H3,(H2,38,46)(H2,39,47)(H,40,48)(H,41,49)(H,42,44)(H,43,45);6-7,38-41H,1-5H2,(H2,32,44)(H2,33,45)(H,34,46)(H,35,47)(H,36,42)(H,37,43);6H,4H2,1-3H3;1H2;1H4;/q;;;-1;;. The quantitative estimate of drug-likeness (QED) is 0.0153. The smallest absolute Gasteiger partial charge is 0.253 e. The second kappa shape index (κ2) is 49.9. The van der Waals surface area contributed by atoms with Crippen LogP contribution >= 0.6 is 294 Å². The molecule has 4 unspecified atom stereocenters. The molecule has 615 valence electrons. The van der Waals surface area contributed by atoms with E-state index in [1.807, 2.05) is 172 Å². The maximum Gasteiger partial charge on any atom is 0.253 e. The summed E-state index contributed by atoms with van der Waals surface area (Å²) in [6.45, 7) is 9.73. The van der Waals surface area contributed by atoms with Crippen LogP contribution in [-0.4, -0.2) is 204 Å². The van der Waals surface area contributed by atoms with Crippen molar-refractivity contribution >= 4 is 387 Å². The summed E-state index contributed by atoms with van der Waals surface area (Å²) in [5, 5.41) is 66.7. The third kappa shape index (κ3) is 30.9. The maximum absolute atomic E-state index is 13.5. The van der Waals surface area contributed by atoms with Crippen LogP contribution in [0.1, 0.15) is 145 Å². The zero-order chi connectivity index (χ0) is 83.6. The van der Waals surface area contributed by atoms with E-state index in [4.69, 9.17) is 61.9 Å². The van der Waals surface area contributed by atoms with Gasteiger partial charge < -0.3 is 137 Å². The van der Waals surface area contributed by atoms with Crippen LogP contribution in [0.5, 0.6) is 0 Å². The van der Waals surface area contributed by atoms with Crippen LogP contribution in [0.3, 0.4) is 0 Å². The third-order valence-corrected chi connectivity index (χ3v) is 27.3. The van der Waals surface area contributed by atoms with Gasteiger partial charge in [-0.05, 0) is 313 Å². The molecular weight excluding hydrogens is 2980 g/mol. The number of nitrogens with one attached hydrogen (secondary N) is 8. The van der Waals surface area contributed by atoms with E-state index in [0.29, 0.717) is 7.14 Å². The van der Waals surface area contributed by atoms with Crippen molar-refractivity contribution in [2.75, 3.05) is 87.6 Å². The predicted molar refractivity (Wildman–Crippen MR) is 516 cm³/mol. The van der Waals surface area contributed by atoms with Gasteiger partial charge in [-0.15, -0.1) is 0 Å². The number of halogens is 13. The van der Waals surface area contributed by atoms with Crippen molar-refractivity contribution in [2.45, 2.75) is 103 Å². The zero-order valence-electron chi connectivity index (χ0n) is 58.1. The van der Waals surface area contributed by atoms with Gasteiger partial charge in [-0.2, -0.15) is 0 Å². The van der Waals surface area contributed by atoms with Crippen LogP contribution < -0.4 is 65.5 Å². The molecule has 2 saturated heterocycles. The first kappa shape index (κ1) is 109. The number of ether oxygens (including phenoxy) is 5. The number of methoxy groups -OCH3 is 1. The minimum Gasteiger partial charge on any atom is -0.394 e. The molecule has 0 bridgehead atoms. The fourth-order valence-electron chi connectivity index (χ4n) is 8.89. The molecule has 48 heteroatoms. The number of aliphatic hydroxyl groups is 5. The van der Waals surface area contributed by atoms with Crippen molar-refractivity contribution in [2.24, 2.45) is 22.9 Å². The number of carbonyl (C=O) groups excluding carboxylic acids is 12. The summed E-state index contributed by atoms with van der Waals surface area (Å²) < 4.78 is 30.3. The fraction of sp³-hybridized carbons (Fsp3) is 0.413. The zero-order valence-corrected chi connectivity index (χ0v) is 87.6. The van der Waals surface area contributed by atoms with Gasteiger partial charge in [0, 0.05) is 66.1 Å². The summed E-state index contributed by atoms with van der Waals surface area (Å²) >= 11 is 23.7. The van der Waals surface area contributed by atoms with Gasteiger partial charge in [0.15, 0.2) is 11.6 Å². The molecule has 2 fully saturated rings. The average Bonchev–Trinajstić information content (AvgIpc) is 1.75. The molecule has 0 aliphatic carbocycles. The number of carbonyl (C=O) groups is 12. The van der Waals surface area contributed by atoms with Gasteiger partial charge in [-0.25, -0.2) is 0 Å². The summed E-state index contributed by atoms with van der Waals surface area (Å²) in [6, 6.07) is 0. The van der Waals surface area contributed by atoms with Crippen molar-refractivity contribution in [3.63, 3.8) is 0 Å². The van der Waals surface area contributed by atoms with E-state index in [9.17, 15) is 67.7 Å². The van der Waals surface area contributed by atoms with Crippen molar-refractivity contribution in [3.05, 3.63) is 92.3 Å². The van der Waals surface area contributed by atoms with Gasteiger partial charge in [0.2, 0.25) is 23.6 Å². The van der Waals surface area contributed by atoms with E-state index in [-0.39, 0.29) is 181 Å². The first-order valence-electron chi connectivity index (χ1n) is 30.5. The molecule has 0 aromatic heterocycles. The Hall–Kier alpha value is 0.194. The monoisotopic (exact) mass is 3050 g/mol. The number of hydrogen-bond donors (Lipinski definition) is 17. The predicted octanol–water partition coefficient (Wildman–Crippen LogP) is 7.14. The molecule has 1 radical (unpaired) electrons. The van der Waals surface area contributed by atoms with Crippen LogP contribution in [-0.2, 0) is 61.4 Å². The normalized spacial score (nSPS) is 14.9. The van der Waals surface area contributed by atoms with Crippen LogP contribution in [0.25, 0.3) is 0 Å². The minimum absolute atomic E-state index is 0. The molecule has 4 atom stereocenters. The number of aliphatic hydroxyl groups excluding tert-OH is 5. The summed E-state index contributed by atoms with van der Waals surface area (Å²) in [7, 11) is 1.58. The minimum atomic E-state index is -1.24. The van der Waals surface area contributed by atoms with E-state index < -0.39 is 133 Å². The molecular formula is C63H74I13N12O22V-. The van der Waals surface area contributed by atoms with Crippen LogP contribution in [0, 0.1) is 47.8 Å². The SMILES string of the molecule is C.CC1(C)OCC(CNC(=O)c2c(I)c(NC(=O)CC(=O)Nc3c(I)c(C(N)=O)c(I)c(C(=O)NCC4COC(C)(C)O4)c3I)c(I)c(C(N)=O)c2I)O1.COC(C)(C)CO.NC(=O)c1c(I)c(NC(=O)CC(=O)Nc2c(I)c(C(N)=O)c(I)c(C(=O)NCC(O)CO)c2I)c(I)c(C(=O)NCC(O)CO)c1I.[CH2-]I.[V]. The molecule has 4 aromatic carbocycles. The number of anilines is 4. The van der Waals surface area contributed by atoms with Gasteiger partial charge in [0.1, 0.15) is 25.0 Å².